The summed E-state index contributed by atoms with van der Waals surface area (Å²) in [5.74, 6) is 0.189. The highest BCUT2D eigenvalue weighted by molar-refractivity contribution is 5.88. The van der Waals surface area contributed by atoms with Crippen LogP contribution >= 0.6 is 0 Å². The third-order valence-electron chi connectivity index (χ3n) is 6.07. The van der Waals surface area contributed by atoms with Crippen molar-refractivity contribution in [3.05, 3.63) is 65.7 Å². The van der Waals surface area contributed by atoms with E-state index in [1.807, 2.05) is 0 Å². The van der Waals surface area contributed by atoms with Gasteiger partial charge in [0, 0.05) is 0 Å². The molecule has 3 aromatic rings. The summed E-state index contributed by atoms with van der Waals surface area (Å²) in [5.41, 5.74) is 1.33. The summed E-state index contributed by atoms with van der Waals surface area (Å²) < 4.78 is 29.8. The Morgan fingerprint density at radius 1 is 0.852 bits per heavy atom. The van der Waals surface area contributed by atoms with Gasteiger partial charge in [-0.3, -0.25) is 0 Å². The van der Waals surface area contributed by atoms with E-state index in [1.54, 1.807) is 36.4 Å². The molecule has 1 aliphatic rings. The molecule has 0 atom stereocenters. The van der Waals surface area contributed by atoms with Gasteiger partial charge in [-0.25, -0.2) is 8.78 Å². The molecule has 1 nitrogen and oxygen atoms in total. The SMILES string of the molecule is CCC1CCC(c2cc(F)c(-c3ccc4cc(O)ccc4c3)c(F)c2)CC1. The van der Waals surface area contributed by atoms with E-state index >= 15 is 0 Å². The van der Waals surface area contributed by atoms with Gasteiger partial charge in [-0.05, 0) is 89.8 Å². The maximum absolute atomic E-state index is 14.9. The van der Waals surface area contributed by atoms with Crippen LogP contribution in [0.2, 0.25) is 0 Å². The summed E-state index contributed by atoms with van der Waals surface area (Å²) in [4.78, 5) is 0. The Kier molecular flexibility index (Phi) is 4.86. The lowest BCUT2D eigenvalue weighted by atomic mass is 9.77. The Morgan fingerprint density at radius 3 is 2.15 bits per heavy atom. The first-order valence-electron chi connectivity index (χ1n) is 9.77. The first kappa shape index (κ1) is 18.0. The highest BCUT2D eigenvalue weighted by Crippen LogP contribution is 2.39. The maximum atomic E-state index is 14.9. The Hall–Kier alpha value is -2.42. The monoisotopic (exact) mass is 366 g/mol. The molecule has 0 saturated heterocycles. The van der Waals surface area contributed by atoms with Crippen LogP contribution < -0.4 is 0 Å². The summed E-state index contributed by atoms with van der Waals surface area (Å²) in [6.07, 6.45) is 5.49. The number of phenols is 1. The number of fused-ring (bicyclic) bond motifs is 1. The van der Waals surface area contributed by atoms with Crippen LogP contribution in [0.1, 0.15) is 50.5 Å². The molecule has 140 valence electrons. The summed E-state index contributed by atoms with van der Waals surface area (Å²) in [7, 11) is 0. The van der Waals surface area contributed by atoms with Crippen LogP contribution in [-0.4, -0.2) is 5.11 Å². The van der Waals surface area contributed by atoms with E-state index in [9.17, 15) is 13.9 Å². The second-order valence-electron chi connectivity index (χ2n) is 7.73. The first-order valence-corrected chi connectivity index (χ1v) is 9.77. The van der Waals surface area contributed by atoms with E-state index in [-0.39, 0.29) is 17.2 Å². The first-order chi connectivity index (χ1) is 13.0. The molecule has 3 heteroatoms. The standard InChI is InChI=1S/C24H24F2O/c1-2-15-3-5-16(6-4-15)20-13-22(25)24(23(26)14-20)19-8-7-18-12-21(27)10-9-17(18)11-19/h7-16,27H,2-6H2,1H3. The predicted octanol–water partition coefficient (Wildman–Crippen LogP) is 7.17. The number of rotatable bonds is 3. The van der Waals surface area contributed by atoms with Crippen molar-refractivity contribution in [2.75, 3.05) is 0 Å². The van der Waals surface area contributed by atoms with E-state index in [0.717, 1.165) is 47.9 Å². The molecule has 0 amide bonds. The summed E-state index contributed by atoms with van der Waals surface area (Å²) in [6, 6.07) is 13.3. The van der Waals surface area contributed by atoms with Gasteiger partial charge in [0.2, 0.25) is 0 Å². The lowest BCUT2D eigenvalue weighted by Crippen LogP contribution is -2.13. The minimum Gasteiger partial charge on any atom is -0.508 e. The maximum Gasteiger partial charge on any atom is 0.134 e. The number of hydrogen-bond donors (Lipinski definition) is 1. The fourth-order valence-corrected chi connectivity index (χ4v) is 4.40. The van der Waals surface area contributed by atoms with Crippen molar-refractivity contribution < 1.29 is 13.9 Å². The van der Waals surface area contributed by atoms with Crippen LogP contribution in [0, 0.1) is 17.6 Å². The Labute approximate surface area is 158 Å². The van der Waals surface area contributed by atoms with Gasteiger partial charge in [-0.1, -0.05) is 31.5 Å². The van der Waals surface area contributed by atoms with E-state index in [0.29, 0.717) is 5.56 Å². The lowest BCUT2D eigenvalue weighted by molar-refractivity contribution is 0.318. The van der Waals surface area contributed by atoms with Gasteiger partial charge in [0.25, 0.3) is 0 Å². The lowest BCUT2D eigenvalue weighted by Gasteiger charge is -2.28. The number of halogens is 2. The summed E-state index contributed by atoms with van der Waals surface area (Å²) in [5, 5.41) is 11.2. The minimum absolute atomic E-state index is 0.0240. The minimum atomic E-state index is -0.499. The highest BCUT2D eigenvalue weighted by Gasteiger charge is 2.23. The Bertz CT molecular complexity index is 948. The van der Waals surface area contributed by atoms with Gasteiger partial charge in [-0.2, -0.15) is 0 Å². The van der Waals surface area contributed by atoms with Crippen molar-refractivity contribution in [1.82, 2.24) is 0 Å². The van der Waals surface area contributed by atoms with Crippen molar-refractivity contribution in [2.24, 2.45) is 5.92 Å². The van der Waals surface area contributed by atoms with Crippen molar-refractivity contribution in [3.8, 4) is 16.9 Å². The summed E-state index contributed by atoms with van der Waals surface area (Å²) in [6.45, 7) is 2.21. The fourth-order valence-electron chi connectivity index (χ4n) is 4.40. The van der Waals surface area contributed by atoms with Gasteiger partial charge >= 0.3 is 0 Å². The zero-order chi connectivity index (χ0) is 19.0. The van der Waals surface area contributed by atoms with E-state index in [2.05, 4.69) is 6.92 Å². The van der Waals surface area contributed by atoms with Crippen molar-refractivity contribution in [1.29, 1.82) is 0 Å². The van der Waals surface area contributed by atoms with Crippen LogP contribution in [0.3, 0.4) is 0 Å². The molecule has 0 spiro atoms. The topological polar surface area (TPSA) is 20.2 Å². The van der Waals surface area contributed by atoms with Gasteiger partial charge in [0.1, 0.15) is 17.4 Å². The molecule has 3 aromatic carbocycles. The third kappa shape index (κ3) is 3.55. The zero-order valence-electron chi connectivity index (χ0n) is 15.5. The Morgan fingerprint density at radius 2 is 1.48 bits per heavy atom. The second kappa shape index (κ2) is 7.30. The van der Waals surface area contributed by atoms with Crippen LogP contribution in [0.5, 0.6) is 5.75 Å². The van der Waals surface area contributed by atoms with E-state index < -0.39 is 11.6 Å². The number of benzene rings is 3. The molecule has 0 radical (unpaired) electrons. The molecule has 4 rings (SSSR count). The fraction of sp³-hybridized carbons (Fsp3) is 0.333. The van der Waals surface area contributed by atoms with Gasteiger partial charge in [0.15, 0.2) is 0 Å². The highest BCUT2D eigenvalue weighted by atomic mass is 19.1. The molecule has 0 aliphatic heterocycles. The number of hydrogen-bond acceptors (Lipinski definition) is 1. The van der Waals surface area contributed by atoms with Gasteiger partial charge < -0.3 is 5.11 Å². The molecule has 0 bridgehead atoms. The molecule has 27 heavy (non-hydrogen) atoms. The van der Waals surface area contributed by atoms with Crippen LogP contribution in [-0.2, 0) is 0 Å². The quantitative estimate of drug-likeness (QED) is 0.521. The van der Waals surface area contributed by atoms with Crippen molar-refractivity contribution in [2.45, 2.75) is 44.9 Å². The number of phenolic OH excluding ortho intramolecular Hbond substituents is 1. The van der Waals surface area contributed by atoms with Gasteiger partial charge in [-0.15, -0.1) is 0 Å². The van der Waals surface area contributed by atoms with Gasteiger partial charge in [0.05, 0.1) is 5.56 Å². The van der Waals surface area contributed by atoms with Crippen LogP contribution in [0.4, 0.5) is 8.78 Å². The largest absolute Gasteiger partial charge is 0.508 e. The van der Waals surface area contributed by atoms with E-state index in [1.165, 1.54) is 18.6 Å². The molecular formula is C24H24F2O. The second-order valence-corrected chi connectivity index (χ2v) is 7.73. The van der Waals surface area contributed by atoms with Crippen LogP contribution in [0.15, 0.2) is 48.5 Å². The summed E-state index contributed by atoms with van der Waals surface area (Å²) >= 11 is 0. The normalized spacial score (nSPS) is 20.1. The molecule has 0 unspecified atom stereocenters. The zero-order valence-corrected chi connectivity index (χ0v) is 15.5. The van der Waals surface area contributed by atoms with E-state index in [4.69, 9.17) is 0 Å². The van der Waals surface area contributed by atoms with Crippen molar-refractivity contribution in [3.63, 3.8) is 0 Å². The molecule has 0 heterocycles. The predicted molar refractivity (Wildman–Crippen MR) is 106 cm³/mol. The smallest absolute Gasteiger partial charge is 0.134 e. The average Bonchev–Trinajstić information content (AvgIpc) is 2.67. The van der Waals surface area contributed by atoms with Crippen molar-refractivity contribution >= 4 is 10.8 Å². The molecule has 1 fully saturated rings. The Balaban J connectivity index is 1.67. The molecule has 0 aromatic heterocycles. The molecule has 1 N–H and O–H groups in total. The molecule has 1 saturated carbocycles. The molecule has 1 aliphatic carbocycles. The molecular weight excluding hydrogens is 342 g/mol. The third-order valence-corrected chi connectivity index (χ3v) is 6.07. The average molecular weight is 366 g/mol. The number of aromatic hydroxyl groups is 1. The van der Waals surface area contributed by atoms with Crippen LogP contribution in [0.25, 0.3) is 21.9 Å².